The molecule has 1 aromatic rings. The van der Waals surface area contributed by atoms with Gasteiger partial charge >= 0.3 is 0 Å². The third kappa shape index (κ3) is 4.65. The van der Waals surface area contributed by atoms with E-state index in [4.69, 9.17) is 23.2 Å². The van der Waals surface area contributed by atoms with E-state index in [1.165, 1.54) is 6.42 Å². The molecule has 0 radical (unpaired) electrons. The van der Waals surface area contributed by atoms with E-state index in [2.05, 4.69) is 10.6 Å². The number of hydrogen-bond acceptors (Lipinski definition) is 2. The van der Waals surface area contributed by atoms with Gasteiger partial charge in [0.25, 0.3) is 0 Å². The molecule has 0 bridgehead atoms. The quantitative estimate of drug-likeness (QED) is 0.847. The van der Waals surface area contributed by atoms with Crippen LogP contribution in [0.2, 0.25) is 10.0 Å². The highest BCUT2D eigenvalue weighted by Gasteiger charge is 2.15. The molecule has 0 aliphatic carbocycles. The predicted molar refractivity (Wildman–Crippen MR) is 83.4 cm³/mol. The van der Waals surface area contributed by atoms with E-state index in [1.807, 2.05) is 18.2 Å². The Balaban J connectivity index is 1.68. The monoisotopic (exact) mass is 314 g/mol. The largest absolute Gasteiger partial charge is 0.356 e. The number of benzene rings is 1. The van der Waals surface area contributed by atoms with Gasteiger partial charge in [0.15, 0.2) is 0 Å². The fourth-order valence-electron chi connectivity index (χ4n) is 2.48. The number of halogens is 2. The molecule has 1 aromatic carbocycles. The van der Waals surface area contributed by atoms with Gasteiger partial charge in [-0.3, -0.25) is 4.79 Å². The van der Waals surface area contributed by atoms with Crippen LogP contribution < -0.4 is 10.6 Å². The minimum atomic E-state index is 0.111. The number of amides is 1. The number of carbonyl (C=O) groups is 1. The summed E-state index contributed by atoms with van der Waals surface area (Å²) in [6.07, 6.45) is 3.41. The van der Waals surface area contributed by atoms with E-state index < -0.39 is 0 Å². The van der Waals surface area contributed by atoms with Crippen LogP contribution >= 0.6 is 23.2 Å². The normalized spacial score (nSPS) is 18.2. The molecule has 1 heterocycles. The van der Waals surface area contributed by atoms with E-state index in [0.717, 1.165) is 25.1 Å². The molecule has 2 rings (SSSR count). The molecule has 2 N–H and O–H groups in total. The fourth-order valence-corrected chi connectivity index (χ4v) is 3.07. The van der Waals surface area contributed by atoms with Crippen LogP contribution in [0.25, 0.3) is 0 Å². The molecule has 1 aliphatic rings. The van der Waals surface area contributed by atoms with Crippen molar-refractivity contribution in [2.75, 3.05) is 19.6 Å². The Labute approximate surface area is 130 Å². The number of rotatable bonds is 6. The summed E-state index contributed by atoms with van der Waals surface area (Å²) in [5, 5.41) is 7.56. The smallest absolute Gasteiger partial charge is 0.220 e. The maximum atomic E-state index is 11.8. The van der Waals surface area contributed by atoms with Crippen molar-refractivity contribution in [3.05, 3.63) is 33.8 Å². The molecule has 110 valence electrons. The maximum absolute atomic E-state index is 11.8. The van der Waals surface area contributed by atoms with Crippen molar-refractivity contribution >= 4 is 29.1 Å². The van der Waals surface area contributed by atoms with Gasteiger partial charge in [0.1, 0.15) is 0 Å². The van der Waals surface area contributed by atoms with E-state index in [-0.39, 0.29) is 5.91 Å². The van der Waals surface area contributed by atoms with Gasteiger partial charge < -0.3 is 10.6 Å². The van der Waals surface area contributed by atoms with Gasteiger partial charge in [-0.25, -0.2) is 0 Å². The van der Waals surface area contributed by atoms with Gasteiger partial charge in [-0.1, -0.05) is 29.3 Å². The highest BCUT2D eigenvalue weighted by Crippen LogP contribution is 2.24. The topological polar surface area (TPSA) is 41.1 Å². The summed E-state index contributed by atoms with van der Waals surface area (Å²) in [6.45, 7) is 2.70. The van der Waals surface area contributed by atoms with Crippen molar-refractivity contribution < 1.29 is 4.79 Å². The van der Waals surface area contributed by atoms with Crippen LogP contribution in [0.1, 0.15) is 24.8 Å². The maximum Gasteiger partial charge on any atom is 0.220 e. The Kier molecular flexibility index (Phi) is 6.14. The van der Waals surface area contributed by atoms with Gasteiger partial charge in [0.05, 0.1) is 0 Å². The third-order valence-electron chi connectivity index (χ3n) is 3.70. The summed E-state index contributed by atoms with van der Waals surface area (Å²) in [6, 6.07) is 5.46. The molecule has 5 heteroatoms. The van der Waals surface area contributed by atoms with Crippen LogP contribution in [0, 0.1) is 5.92 Å². The van der Waals surface area contributed by atoms with E-state index in [1.54, 1.807) is 0 Å². The van der Waals surface area contributed by atoms with Crippen molar-refractivity contribution in [1.29, 1.82) is 0 Å². The lowest BCUT2D eigenvalue weighted by Gasteiger charge is -2.10. The number of nitrogens with one attached hydrogen (secondary N) is 2. The molecule has 1 saturated heterocycles. The summed E-state index contributed by atoms with van der Waals surface area (Å²) in [7, 11) is 0. The average Bonchev–Trinajstić information content (AvgIpc) is 2.93. The Bertz CT molecular complexity index is 439. The summed E-state index contributed by atoms with van der Waals surface area (Å²) in [5.74, 6) is 0.763. The molecule has 1 fully saturated rings. The van der Waals surface area contributed by atoms with E-state index >= 15 is 0 Å². The molecule has 1 atom stereocenters. The summed E-state index contributed by atoms with van der Waals surface area (Å²) in [5.41, 5.74) is 0.899. The van der Waals surface area contributed by atoms with Crippen molar-refractivity contribution in [3.8, 4) is 0 Å². The molecule has 1 amide bonds. The summed E-state index contributed by atoms with van der Waals surface area (Å²) >= 11 is 12.2. The van der Waals surface area contributed by atoms with Gasteiger partial charge in [0, 0.05) is 23.0 Å². The molecule has 0 saturated carbocycles. The van der Waals surface area contributed by atoms with Crippen LogP contribution in [-0.4, -0.2) is 25.5 Å². The molecule has 20 heavy (non-hydrogen) atoms. The Morgan fingerprint density at radius 1 is 1.35 bits per heavy atom. The van der Waals surface area contributed by atoms with Crippen LogP contribution in [0.15, 0.2) is 18.2 Å². The predicted octanol–water partition coefficient (Wildman–Crippen LogP) is 3.04. The van der Waals surface area contributed by atoms with Crippen molar-refractivity contribution in [2.45, 2.75) is 25.7 Å². The highest BCUT2D eigenvalue weighted by molar-refractivity contribution is 6.35. The minimum absolute atomic E-state index is 0.111. The zero-order valence-electron chi connectivity index (χ0n) is 11.4. The lowest BCUT2D eigenvalue weighted by molar-refractivity contribution is -0.121. The standard InChI is InChI=1S/C15H20Cl2N2O/c16-13-2-1-3-14(17)12(13)7-9-19-15(20)5-4-11-6-8-18-10-11/h1-3,11,18H,4-10H2,(H,19,20). The molecular formula is C15H20Cl2N2O. The third-order valence-corrected chi connectivity index (χ3v) is 4.41. The van der Waals surface area contributed by atoms with Gasteiger partial charge in [0.2, 0.25) is 5.91 Å². The average molecular weight is 315 g/mol. The zero-order chi connectivity index (χ0) is 14.4. The van der Waals surface area contributed by atoms with Gasteiger partial charge in [-0.15, -0.1) is 0 Å². The first kappa shape index (κ1) is 15.6. The first-order chi connectivity index (χ1) is 9.66. The van der Waals surface area contributed by atoms with Crippen molar-refractivity contribution in [2.24, 2.45) is 5.92 Å². The second-order valence-electron chi connectivity index (χ2n) is 5.20. The second kappa shape index (κ2) is 7.87. The molecule has 0 aromatic heterocycles. The summed E-state index contributed by atoms with van der Waals surface area (Å²) in [4.78, 5) is 11.8. The van der Waals surface area contributed by atoms with E-state index in [9.17, 15) is 4.79 Å². The second-order valence-corrected chi connectivity index (χ2v) is 6.01. The first-order valence-corrected chi connectivity index (χ1v) is 7.82. The first-order valence-electron chi connectivity index (χ1n) is 7.07. The Morgan fingerprint density at radius 2 is 2.10 bits per heavy atom. The SMILES string of the molecule is O=C(CCC1CCNC1)NCCc1c(Cl)cccc1Cl. The molecule has 3 nitrogen and oxygen atoms in total. The fraction of sp³-hybridized carbons (Fsp3) is 0.533. The van der Waals surface area contributed by atoms with Gasteiger partial charge in [-0.2, -0.15) is 0 Å². The number of hydrogen-bond donors (Lipinski definition) is 2. The van der Waals surface area contributed by atoms with Crippen LogP contribution in [0.4, 0.5) is 0 Å². The summed E-state index contributed by atoms with van der Waals surface area (Å²) < 4.78 is 0. The molecule has 0 spiro atoms. The molecular weight excluding hydrogens is 295 g/mol. The zero-order valence-corrected chi connectivity index (χ0v) is 12.9. The minimum Gasteiger partial charge on any atom is -0.356 e. The van der Waals surface area contributed by atoms with E-state index in [0.29, 0.717) is 35.3 Å². The lowest BCUT2D eigenvalue weighted by atomic mass is 10.0. The van der Waals surface area contributed by atoms with Crippen LogP contribution in [0.3, 0.4) is 0 Å². The number of carbonyl (C=O) groups excluding carboxylic acids is 1. The van der Waals surface area contributed by atoms with Crippen LogP contribution in [0.5, 0.6) is 0 Å². The lowest BCUT2D eigenvalue weighted by Crippen LogP contribution is -2.26. The van der Waals surface area contributed by atoms with Crippen molar-refractivity contribution in [3.63, 3.8) is 0 Å². The van der Waals surface area contributed by atoms with Crippen molar-refractivity contribution in [1.82, 2.24) is 10.6 Å². The van der Waals surface area contributed by atoms with Crippen LogP contribution in [-0.2, 0) is 11.2 Å². The molecule has 1 unspecified atom stereocenters. The molecule has 1 aliphatic heterocycles. The Morgan fingerprint density at radius 3 is 2.75 bits per heavy atom. The highest BCUT2D eigenvalue weighted by atomic mass is 35.5. The Hall–Kier alpha value is -0.770. The van der Waals surface area contributed by atoms with Gasteiger partial charge in [-0.05, 0) is 56.0 Å².